The summed E-state index contributed by atoms with van der Waals surface area (Å²) in [6, 6.07) is 15.9. The minimum Gasteiger partial charge on any atom is -0.494 e. The molecule has 0 bridgehead atoms. The summed E-state index contributed by atoms with van der Waals surface area (Å²) >= 11 is 0. The first-order valence-corrected chi connectivity index (χ1v) is 7.81. The highest BCUT2D eigenvalue weighted by Crippen LogP contribution is 2.29. The summed E-state index contributed by atoms with van der Waals surface area (Å²) in [5, 5.41) is 0. The Bertz CT molecular complexity index is 579. The molecule has 0 aromatic heterocycles. The van der Waals surface area contributed by atoms with Crippen LogP contribution in [0.5, 0.6) is 5.75 Å². The molecule has 0 unspecified atom stereocenters. The molecule has 0 atom stereocenters. The number of hydrogen-bond donors (Lipinski definition) is 0. The first-order valence-electron chi connectivity index (χ1n) is 7.81. The average molecular weight is 321 g/mol. The largest absolute Gasteiger partial charge is 0.494 e. The van der Waals surface area contributed by atoms with Gasteiger partial charge in [0.2, 0.25) is 0 Å². The summed E-state index contributed by atoms with van der Waals surface area (Å²) in [4.78, 5) is 0. The van der Waals surface area contributed by atoms with Crippen LogP contribution in [0.15, 0.2) is 48.5 Å². The molecule has 4 heteroatoms. The molecule has 0 amide bonds. The van der Waals surface area contributed by atoms with Gasteiger partial charge in [-0.15, -0.1) is 0 Å². The van der Waals surface area contributed by atoms with E-state index >= 15 is 0 Å². The molecule has 0 fully saturated rings. The third-order valence-corrected chi connectivity index (χ3v) is 3.57. The Kier molecular flexibility index (Phi) is 6.51. The van der Waals surface area contributed by atoms with Crippen LogP contribution in [0.3, 0.4) is 0 Å². The molecule has 0 spiro atoms. The summed E-state index contributed by atoms with van der Waals surface area (Å²) in [6.07, 6.45) is 0.255. The van der Waals surface area contributed by atoms with Gasteiger partial charge in [-0.1, -0.05) is 43.2 Å². The van der Waals surface area contributed by atoms with E-state index < -0.39 is 11.7 Å². The van der Waals surface area contributed by atoms with Gasteiger partial charge in [0.25, 0.3) is 0 Å². The molecule has 23 heavy (non-hydrogen) atoms. The molecule has 0 saturated carbocycles. The Hall–Kier alpha value is -1.97. The van der Waals surface area contributed by atoms with Crippen LogP contribution in [0.2, 0.25) is 0 Å². The number of ether oxygens (including phenoxy) is 1. The number of rotatable bonds is 8. The zero-order valence-corrected chi connectivity index (χ0v) is 12.9. The van der Waals surface area contributed by atoms with E-state index in [0.29, 0.717) is 13.0 Å². The second kappa shape index (κ2) is 8.61. The van der Waals surface area contributed by atoms with Crippen molar-refractivity contribution in [1.82, 2.24) is 0 Å². The fraction of sp³-hybridized carbons (Fsp3) is 0.368. The topological polar surface area (TPSA) is 9.23 Å². The summed E-state index contributed by atoms with van der Waals surface area (Å²) in [6.45, 7) is 0.660. The van der Waals surface area contributed by atoms with Crippen LogP contribution in [0, 0.1) is 6.07 Å². The Morgan fingerprint density at radius 3 is 2.39 bits per heavy atom. The lowest BCUT2D eigenvalue weighted by Gasteiger charge is -2.09. The van der Waals surface area contributed by atoms with Crippen LogP contribution >= 0.6 is 0 Å². The zero-order valence-electron chi connectivity index (χ0n) is 12.9. The van der Waals surface area contributed by atoms with Crippen LogP contribution in [-0.2, 0) is 12.6 Å². The van der Waals surface area contributed by atoms with E-state index in [4.69, 9.17) is 4.74 Å². The normalized spacial score (nSPS) is 11.4. The molecule has 2 aromatic rings. The number of hydrogen-bond acceptors (Lipinski definition) is 1. The zero-order chi connectivity index (χ0) is 16.5. The van der Waals surface area contributed by atoms with Crippen LogP contribution < -0.4 is 4.74 Å². The molecule has 1 radical (unpaired) electrons. The average Bonchev–Trinajstić information content (AvgIpc) is 2.54. The monoisotopic (exact) mass is 321 g/mol. The van der Waals surface area contributed by atoms with E-state index in [2.05, 4.69) is 6.07 Å². The maximum Gasteiger partial charge on any atom is 0.416 e. The van der Waals surface area contributed by atoms with E-state index in [1.165, 1.54) is 12.1 Å². The molecule has 0 N–H and O–H groups in total. The van der Waals surface area contributed by atoms with Gasteiger partial charge in [0.15, 0.2) is 0 Å². The van der Waals surface area contributed by atoms with Crippen molar-refractivity contribution < 1.29 is 17.9 Å². The Labute approximate surface area is 135 Å². The third-order valence-electron chi connectivity index (χ3n) is 3.57. The van der Waals surface area contributed by atoms with E-state index in [1.54, 1.807) is 6.07 Å². The number of aryl methyl sites for hydroxylation is 1. The lowest BCUT2D eigenvalue weighted by atomic mass is 10.0. The Morgan fingerprint density at radius 1 is 0.913 bits per heavy atom. The van der Waals surface area contributed by atoms with E-state index in [9.17, 15) is 13.2 Å². The molecule has 0 aliphatic rings. The van der Waals surface area contributed by atoms with Crippen LogP contribution in [0.1, 0.15) is 36.8 Å². The highest BCUT2D eigenvalue weighted by atomic mass is 19.4. The van der Waals surface area contributed by atoms with Crippen molar-refractivity contribution in [2.45, 2.75) is 38.3 Å². The van der Waals surface area contributed by atoms with Crippen LogP contribution in [0.25, 0.3) is 0 Å². The molecule has 123 valence electrons. The Balaban J connectivity index is 1.60. The summed E-state index contributed by atoms with van der Waals surface area (Å²) in [7, 11) is 0. The molecule has 2 rings (SSSR count). The van der Waals surface area contributed by atoms with Gasteiger partial charge in [0, 0.05) is 0 Å². The molecule has 0 aliphatic heterocycles. The minimum atomic E-state index is -4.26. The van der Waals surface area contributed by atoms with Gasteiger partial charge < -0.3 is 4.74 Å². The van der Waals surface area contributed by atoms with E-state index in [0.717, 1.165) is 43.1 Å². The molecule has 2 aromatic carbocycles. The molecule has 0 heterocycles. The van der Waals surface area contributed by atoms with E-state index in [1.807, 2.05) is 24.3 Å². The van der Waals surface area contributed by atoms with Gasteiger partial charge in [-0.05, 0) is 49.1 Å². The summed E-state index contributed by atoms with van der Waals surface area (Å²) in [5.74, 6) is 0.840. The molecule has 1 nitrogen and oxygen atoms in total. The SMILES string of the molecule is FC(F)(F)c1cccc(CCCCCCOc2cc[c]cc2)c1. The Morgan fingerprint density at radius 2 is 1.65 bits per heavy atom. The summed E-state index contributed by atoms with van der Waals surface area (Å²) in [5.41, 5.74) is 0.181. The van der Waals surface area contributed by atoms with Gasteiger partial charge in [0.05, 0.1) is 12.2 Å². The molecule has 0 aliphatic carbocycles. The smallest absolute Gasteiger partial charge is 0.416 e. The van der Waals surface area contributed by atoms with Crippen molar-refractivity contribution >= 4 is 0 Å². The van der Waals surface area contributed by atoms with Crippen LogP contribution in [-0.4, -0.2) is 6.61 Å². The van der Waals surface area contributed by atoms with Gasteiger partial charge in [0.1, 0.15) is 5.75 Å². The maximum atomic E-state index is 12.6. The van der Waals surface area contributed by atoms with Crippen molar-refractivity contribution in [1.29, 1.82) is 0 Å². The number of unbranched alkanes of at least 4 members (excludes halogenated alkanes) is 3. The van der Waals surface area contributed by atoms with Gasteiger partial charge in [-0.25, -0.2) is 0 Å². The van der Waals surface area contributed by atoms with Gasteiger partial charge >= 0.3 is 6.18 Å². The van der Waals surface area contributed by atoms with E-state index in [-0.39, 0.29) is 0 Å². The van der Waals surface area contributed by atoms with Crippen molar-refractivity contribution in [2.75, 3.05) is 6.61 Å². The third kappa shape index (κ3) is 6.35. The van der Waals surface area contributed by atoms with Gasteiger partial charge in [-0.2, -0.15) is 13.2 Å². The number of benzene rings is 2. The van der Waals surface area contributed by atoms with Crippen molar-refractivity contribution in [3.63, 3.8) is 0 Å². The molecule has 0 saturated heterocycles. The quantitative estimate of drug-likeness (QED) is 0.568. The predicted octanol–water partition coefficient (Wildman–Crippen LogP) is 5.69. The second-order valence-corrected chi connectivity index (χ2v) is 5.45. The highest BCUT2D eigenvalue weighted by molar-refractivity contribution is 5.25. The molecular formula is C19H20F3O. The van der Waals surface area contributed by atoms with Crippen LogP contribution in [0.4, 0.5) is 13.2 Å². The highest BCUT2D eigenvalue weighted by Gasteiger charge is 2.30. The lowest BCUT2D eigenvalue weighted by molar-refractivity contribution is -0.137. The number of alkyl halides is 3. The van der Waals surface area contributed by atoms with Crippen molar-refractivity contribution in [3.05, 3.63) is 65.7 Å². The fourth-order valence-electron chi connectivity index (χ4n) is 2.35. The second-order valence-electron chi connectivity index (χ2n) is 5.45. The first-order chi connectivity index (χ1) is 11.1. The van der Waals surface area contributed by atoms with Crippen molar-refractivity contribution in [3.8, 4) is 5.75 Å². The molecular weight excluding hydrogens is 301 g/mol. The van der Waals surface area contributed by atoms with Gasteiger partial charge in [-0.3, -0.25) is 0 Å². The maximum absolute atomic E-state index is 12.6. The predicted molar refractivity (Wildman–Crippen MR) is 84.4 cm³/mol. The number of halogens is 3. The summed E-state index contributed by atoms with van der Waals surface area (Å²) < 4.78 is 43.4. The fourth-order valence-corrected chi connectivity index (χ4v) is 2.35. The standard InChI is InChI=1S/C19H20F3O/c20-19(21,22)17-11-8-10-16(15-17)9-4-1-2-7-14-23-18-12-5-3-6-13-18/h5-6,8,10-13,15H,1-2,4,7,9,14H2. The minimum absolute atomic E-state index is 0.566. The first kappa shape index (κ1) is 17.4. The van der Waals surface area contributed by atoms with Crippen molar-refractivity contribution in [2.24, 2.45) is 0 Å². The lowest BCUT2D eigenvalue weighted by Crippen LogP contribution is -2.05.